The molecule has 0 radical (unpaired) electrons. The Morgan fingerprint density at radius 1 is 1.38 bits per heavy atom. The van der Waals surface area contributed by atoms with Crippen LogP contribution in [0.25, 0.3) is 0 Å². The van der Waals surface area contributed by atoms with Crippen molar-refractivity contribution in [3.8, 4) is 5.75 Å². The van der Waals surface area contributed by atoms with Gasteiger partial charge in [0, 0.05) is 24.7 Å². The Balaban J connectivity index is 1.83. The monoisotopic (exact) mass is 345 g/mol. The summed E-state index contributed by atoms with van der Waals surface area (Å²) < 4.78 is 5.41. The van der Waals surface area contributed by atoms with Crippen LogP contribution in [0.4, 0.5) is 11.4 Å². The highest BCUT2D eigenvalue weighted by Crippen LogP contribution is 2.34. The molecule has 24 heavy (non-hydrogen) atoms. The van der Waals surface area contributed by atoms with E-state index in [-0.39, 0.29) is 11.8 Å². The van der Waals surface area contributed by atoms with Gasteiger partial charge in [-0.05, 0) is 32.4 Å². The summed E-state index contributed by atoms with van der Waals surface area (Å²) in [6, 6.07) is 5.33. The Morgan fingerprint density at radius 2 is 2.17 bits per heavy atom. The number of aryl methyl sites for hydroxylation is 2. The molecule has 3 rings (SSSR count). The fourth-order valence-corrected chi connectivity index (χ4v) is 3.63. The Morgan fingerprint density at radius 3 is 2.75 bits per heavy atom. The number of carbonyl (C=O) groups is 2. The van der Waals surface area contributed by atoms with Crippen LogP contribution >= 0.6 is 11.3 Å². The zero-order chi connectivity index (χ0) is 17.3. The smallest absolute Gasteiger partial charge is 0.267 e. The molecule has 0 unspecified atom stereocenters. The number of hydrogen-bond acceptors (Lipinski definition) is 5. The third kappa shape index (κ3) is 3.12. The summed E-state index contributed by atoms with van der Waals surface area (Å²) in [5.41, 5.74) is 2.08. The van der Waals surface area contributed by atoms with Crippen molar-refractivity contribution in [2.75, 3.05) is 23.9 Å². The minimum Gasteiger partial charge on any atom is -0.494 e. The molecule has 1 aliphatic rings. The predicted molar refractivity (Wildman–Crippen MR) is 94.1 cm³/mol. The number of thiazole rings is 1. The molecule has 2 amide bonds. The molecule has 1 aromatic heterocycles. The maximum atomic E-state index is 12.4. The number of ether oxygens (including phenoxy) is 1. The number of nitrogens with zero attached hydrogens (tertiary/aromatic N) is 2. The second kappa shape index (κ2) is 6.60. The van der Waals surface area contributed by atoms with Crippen molar-refractivity contribution in [3.63, 3.8) is 0 Å². The summed E-state index contributed by atoms with van der Waals surface area (Å²) in [4.78, 5) is 30.9. The number of benzene rings is 1. The minimum atomic E-state index is -0.190. The van der Waals surface area contributed by atoms with Crippen molar-refractivity contribution >= 4 is 34.5 Å². The van der Waals surface area contributed by atoms with Crippen LogP contribution in [-0.2, 0) is 4.79 Å². The first-order valence-electron chi connectivity index (χ1n) is 7.73. The van der Waals surface area contributed by atoms with Crippen LogP contribution in [0.2, 0.25) is 0 Å². The molecule has 0 bridgehead atoms. The zero-order valence-corrected chi connectivity index (χ0v) is 14.7. The van der Waals surface area contributed by atoms with E-state index < -0.39 is 0 Å². The first kappa shape index (κ1) is 16.4. The molecule has 0 aliphatic carbocycles. The lowest BCUT2D eigenvalue weighted by molar-refractivity contribution is -0.117. The zero-order valence-electron chi connectivity index (χ0n) is 13.9. The van der Waals surface area contributed by atoms with Gasteiger partial charge in [0.2, 0.25) is 5.91 Å². The molecule has 2 heterocycles. The molecule has 1 fully saturated rings. The maximum absolute atomic E-state index is 12.4. The number of rotatable bonds is 4. The van der Waals surface area contributed by atoms with Gasteiger partial charge in [0.05, 0.1) is 23.5 Å². The highest BCUT2D eigenvalue weighted by molar-refractivity contribution is 7.13. The fraction of sp³-hybridized carbons (Fsp3) is 0.353. The van der Waals surface area contributed by atoms with E-state index in [2.05, 4.69) is 10.3 Å². The van der Waals surface area contributed by atoms with Crippen LogP contribution < -0.4 is 15.0 Å². The topological polar surface area (TPSA) is 71.5 Å². The van der Waals surface area contributed by atoms with Gasteiger partial charge in [0.1, 0.15) is 10.6 Å². The third-order valence-corrected chi connectivity index (χ3v) is 4.98. The first-order valence-corrected chi connectivity index (χ1v) is 8.55. The van der Waals surface area contributed by atoms with Crippen LogP contribution in [0.15, 0.2) is 18.2 Å². The normalized spacial score (nSPS) is 14.1. The van der Waals surface area contributed by atoms with Gasteiger partial charge in [0.25, 0.3) is 5.91 Å². The van der Waals surface area contributed by atoms with E-state index in [0.29, 0.717) is 29.3 Å². The Hall–Kier alpha value is -2.41. The van der Waals surface area contributed by atoms with Gasteiger partial charge in [0.15, 0.2) is 0 Å². The molecule has 126 valence electrons. The number of amides is 2. The van der Waals surface area contributed by atoms with Gasteiger partial charge in [-0.2, -0.15) is 0 Å². The molecule has 1 saturated heterocycles. The van der Waals surface area contributed by atoms with E-state index >= 15 is 0 Å². The summed E-state index contributed by atoms with van der Waals surface area (Å²) in [5, 5.41) is 3.72. The van der Waals surface area contributed by atoms with Crippen LogP contribution in [0.5, 0.6) is 5.75 Å². The summed E-state index contributed by atoms with van der Waals surface area (Å²) in [7, 11) is 1.56. The van der Waals surface area contributed by atoms with E-state index in [1.165, 1.54) is 11.3 Å². The lowest BCUT2D eigenvalue weighted by Gasteiger charge is -2.19. The van der Waals surface area contributed by atoms with Crippen molar-refractivity contribution in [1.82, 2.24) is 4.98 Å². The van der Waals surface area contributed by atoms with Crippen molar-refractivity contribution in [1.29, 1.82) is 0 Å². The Kier molecular flexibility index (Phi) is 4.53. The van der Waals surface area contributed by atoms with Crippen molar-refractivity contribution < 1.29 is 14.3 Å². The van der Waals surface area contributed by atoms with E-state index in [1.807, 2.05) is 19.9 Å². The molecular weight excluding hydrogens is 326 g/mol. The number of methoxy groups -OCH3 is 1. The number of nitrogens with one attached hydrogen (secondary N) is 1. The highest BCUT2D eigenvalue weighted by atomic mass is 32.1. The summed E-state index contributed by atoms with van der Waals surface area (Å²) in [5.74, 6) is 0.478. The molecule has 7 heteroatoms. The van der Waals surface area contributed by atoms with Crippen molar-refractivity contribution in [2.45, 2.75) is 26.7 Å². The molecule has 0 atom stereocenters. The molecule has 1 N–H and O–H groups in total. The number of carbonyl (C=O) groups excluding carboxylic acids is 2. The summed E-state index contributed by atoms with van der Waals surface area (Å²) >= 11 is 1.37. The number of anilines is 2. The maximum Gasteiger partial charge on any atom is 0.267 e. The van der Waals surface area contributed by atoms with Gasteiger partial charge < -0.3 is 15.0 Å². The molecule has 1 aromatic carbocycles. The average molecular weight is 345 g/mol. The summed E-state index contributed by atoms with van der Waals surface area (Å²) in [6.45, 7) is 4.39. The minimum absolute atomic E-state index is 0.0980. The lowest BCUT2D eigenvalue weighted by atomic mass is 10.2. The highest BCUT2D eigenvalue weighted by Gasteiger charge is 2.24. The molecule has 0 spiro atoms. The molecule has 6 nitrogen and oxygen atoms in total. The second-order valence-electron chi connectivity index (χ2n) is 5.64. The second-order valence-corrected chi connectivity index (χ2v) is 6.84. The molecule has 1 aliphatic heterocycles. The van der Waals surface area contributed by atoms with E-state index in [4.69, 9.17) is 4.74 Å². The number of hydrogen-bond donors (Lipinski definition) is 1. The van der Waals surface area contributed by atoms with Crippen molar-refractivity contribution in [2.24, 2.45) is 0 Å². The van der Waals surface area contributed by atoms with Gasteiger partial charge in [-0.15, -0.1) is 11.3 Å². The predicted octanol–water partition coefficient (Wildman–Crippen LogP) is 3.15. The van der Waals surface area contributed by atoms with Crippen LogP contribution in [0.1, 0.15) is 33.2 Å². The first-order chi connectivity index (χ1) is 11.5. The van der Waals surface area contributed by atoms with E-state index in [9.17, 15) is 9.59 Å². The Labute approximate surface area is 144 Å². The lowest BCUT2D eigenvalue weighted by Crippen LogP contribution is -2.24. The average Bonchev–Trinajstić information content (AvgIpc) is 3.12. The fourth-order valence-electron chi connectivity index (χ4n) is 2.81. The number of aromatic nitrogens is 1. The van der Waals surface area contributed by atoms with Crippen LogP contribution in [-0.4, -0.2) is 30.5 Å². The third-order valence-electron chi connectivity index (χ3n) is 3.91. The van der Waals surface area contributed by atoms with Crippen LogP contribution in [0, 0.1) is 13.8 Å². The van der Waals surface area contributed by atoms with Gasteiger partial charge in [-0.25, -0.2) is 4.98 Å². The molecular formula is C17H19N3O3S. The van der Waals surface area contributed by atoms with E-state index in [0.717, 1.165) is 22.8 Å². The largest absolute Gasteiger partial charge is 0.494 e. The molecule has 0 saturated carbocycles. The van der Waals surface area contributed by atoms with E-state index in [1.54, 1.807) is 24.1 Å². The van der Waals surface area contributed by atoms with Gasteiger partial charge in [-0.3, -0.25) is 9.59 Å². The Bertz CT molecular complexity index is 800. The van der Waals surface area contributed by atoms with Gasteiger partial charge in [-0.1, -0.05) is 0 Å². The van der Waals surface area contributed by atoms with Gasteiger partial charge >= 0.3 is 0 Å². The standard InChI is InChI=1S/C17H19N3O3S/c1-10-16(24-11(2)18-10)17(22)19-12-6-7-13(14(9-12)23-3)20-8-4-5-15(20)21/h6-7,9H,4-5,8H2,1-3H3,(H,19,22). The quantitative estimate of drug-likeness (QED) is 0.924. The summed E-state index contributed by atoms with van der Waals surface area (Å²) in [6.07, 6.45) is 1.41. The van der Waals surface area contributed by atoms with Crippen molar-refractivity contribution in [3.05, 3.63) is 33.8 Å². The SMILES string of the molecule is COc1cc(NC(=O)c2sc(C)nc2C)ccc1N1CCCC1=O. The molecule has 2 aromatic rings. The van der Waals surface area contributed by atoms with Crippen LogP contribution in [0.3, 0.4) is 0 Å².